The number of amides is 1. The molecule has 0 fully saturated rings. The normalized spacial score (nSPS) is 13.4. The van der Waals surface area contributed by atoms with Crippen molar-refractivity contribution in [1.29, 1.82) is 5.26 Å². The Morgan fingerprint density at radius 1 is 1.29 bits per heavy atom. The molecule has 21 heavy (non-hydrogen) atoms. The van der Waals surface area contributed by atoms with Crippen molar-refractivity contribution >= 4 is 35.0 Å². The molecule has 5 heteroatoms. The summed E-state index contributed by atoms with van der Waals surface area (Å²) in [5.41, 5.74) is 1.84. The zero-order valence-corrected chi connectivity index (χ0v) is 12.6. The van der Waals surface area contributed by atoms with Crippen LogP contribution in [0.4, 0.5) is 5.69 Å². The van der Waals surface area contributed by atoms with Crippen molar-refractivity contribution in [2.75, 3.05) is 17.2 Å². The first-order chi connectivity index (χ1) is 10.2. The van der Waals surface area contributed by atoms with Gasteiger partial charge in [-0.25, -0.2) is 0 Å². The maximum Gasteiger partial charge on any atom is 0.258 e. The first kappa shape index (κ1) is 14.0. The van der Waals surface area contributed by atoms with Crippen LogP contribution in [0.2, 0.25) is 5.02 Å². The molecule has 0 radical (unpaired) electrons. The summed E-state index contributed by atoms with van der Waals surface area (Å²) < 4.78 is 0. The second-order valence-electron chi connectivity index (χ2n) is 4.61. The molecule has 2 aromatic carbocycles. The highest BCUT2D eigenvalue weighted by Gasteiger charge is 2.24. The summed E-state index contributed by atoms with van der Waals surface area (Å²) in [6, 6.07) is 14.4. The third-order valence-electron chi connectivity index (χ3n) is 3.27. The van der Waals surface area contributed by atoms with Crippen LogP contribution < -0.4 is 4.90 Å². The lowest BCUT2D eigenvalue weighted by Gasteiger charge is -2.29. The summed E-state index contributed by atoms with van der Waals surface area (Å²) in [5, 5.41) is 9.56. The summed E-state index contributed by atoms with van der Waals surface area (Å²) in [6.45, 7) is 0.633. The van der Waals surface area contributed by atoms with E-state index in [0.29, 0.717) is 22.7 Å². The van der Waals surface area contributed by atoms with Gasteiger partial charge in [0.05, 0.1) is 17.3 Å². The van der Waals surface area contributed by atoms with Crippen LogP contribution in [0, 0.1) is 11.3 Å². The van der Waals surface area contributed by atoms with Gasteiger partial charge in [-0.05, 0) is 36.4 Å². The molecule has 3 nitrogen and oxygen atoms in total. The molecule has 0 saturated carbocycles. The lowest BCUT2D eigenvalue weighted by molar-refractivity contribution is 0.0987. The summed E-state index contributed by atoms with van der Waals surface area (Å²) in [4.78, 5) is 15.5. The standard InChI is InChI=1S/C16H11ClN2OS/c17-13-4-5-15-14(9-13)19(6-7-21-15)16(20)12-3-1-2-11(8-12)10-18/h1-5,8-9H,6-7H2. The molecular weight excluding hydrogens is 304 g/mol. The van der Waals surface area contributed by atoms with E-state index in [-0.39, 0.29) is 5.91 Å². The third kappa shape index (κ3) is 2.76. The number of anilines is 1. The van der Waals surface area contributed by atoms with Gasteiger partial charge in [0.1, 0.15) is 0 Å². The summed E-state index contributed by atoms with van der Waals surface area (Å²) in [5.74, 6) is 0.745. The van der Waals surface area contributed by atoms with Crippen LogP contribution in [0.1, 0.15) is 15.9 Å². The molecule has 0 unspecified atom stereocenters. The molecule has 0 bridgehead atoms. The molecule has 1 heterocycles. The van der Waals surface area contributed by atoms with E-state index < -0.39 is 0 Å². The van der Waals surface area contributed by atoms with Gasteiger partial charge in [0.25, 0.3) is 5.91 Å². The number of halogens is 1. The molecule has 104 valence electrons. The van der Waals surface area contributed by atoms with Crippen molar-refractivity contribution < 1.29 is 4.79 Å². The smallest absolute Gasteiger partial charge is 0.258 e. The quantitative estimate of drug-likeness (QED) is 0.800. The van der Waals surface area contributed by atoms with E-state index in [4.69, 9.17) is 16.9 Å². The highest BCUT2D eigenvalue weighted by atomic mass is 35.5. The van der Waals surface area contributed by atoms with Gasteiger partial charge in [0.2, 0.25) is 0 Å². The Morgan fingerprint density at radius 2 is 2.14 bits per heavy atom. The van der Waals surface area contributed by atoms with E-state index in [1.165, 1.54) is 0 Å². The number of benzene rings is 2. The number of nitriles is 1. The number of nitrogens with zero attached hydrogens (tertiary/aromatic N) is 2. The van der Waals surface area contributed by atoms with Gasteiger partial charge in [0, 0.05) is 27.8 Å². The van der Waals surface area contributed by atoms with E-state index in [2.05, 4.69) is 6.07 Å². The van der Waals surface area contributed by atoms with Crippen molar-refractivity contribution in [3.8, 4) is 6.07 Å². The van der Waals surface area contributed by atoms with Crippen LogP contribution in [-0.4, -0.2) is 18.2 Å². The van der Waals surface area contributed by atoms with E-state index in [1.54, 1.807) is 40.9 Å². The maximum absolute atomic E-state index is 12.7. The molecule has 0 saturated heterocycles. The zero-order chi connectivity index (χ0) is 14.8. The topological polar surface area (TPSA) is 44.1 Å². The third-order valence-corrected chi connectivity index (χ3v) is 4.55. The molecule has 0 aromatic heterocycles. The molecule has 1 amide bonds. The molecule has 3 rings (SSSR count). The zero-order valence-electron chi connectivity index (χ0n) is 11.0. The fraction of sp³-hybridized carbons (Fsp3) is 0.125. The Bertz CT molecular complexity index is 754. The van der Waals surface area contributed by atoms with Gasteiger partial charge >= 0.3 is 0 Å². The first-order valence-corrected chi connectivity index (χ1v) is 7.80. The summed E-state index contributed by atoms with van der Waals surface area (Å²) in [6.07, 6.45) is 0. The Morgan fingerprint density at radius 3 is 2.95 bits per heavy atom. The monoisotopic (exact) mass is 314 g/mol. The molecular formula is C16H11ClN2OS. The fourth-order valence-corrected chi connectivity index (χ4v) is 3.42. The minimum atomic E-state index is -0.101. The molecule has 0 N–H and O–H groups in total. The number of thioether (sulfide) groups is 1. The second-order valence-corrected chi connectivity index (χ2v) is 6.18. The number of hydrogen-bond acceptors (Lipinski definition) is 3. The number of hydrogen-bond donors (Lipinski definition) is 0. The van der Waals surface area contributed by atoms with Gasteiger partial charge in [-0.3, -0.25) is 4.79 Å². The average molecular weight is 315 g/mol. The lowest BCUT2D eigenvalue weighted by Crippen LogP contribution is -2.35. The van der Waals surface area contributed by atoms with Crippen LogP contribution in [0.5, 0.6) is 0 Å². The maximum atomic E-state index is 12.7. The summed E-state index contributed by atoms with van der Waals surface area (Å²) in [7, 11) is 0. The molecule has 0 atom stereocenters. The fourth-order valence-electron chi connectivity index (χ4n) is 2.28. The Hall–Kier alpha value is -1.96. The molecule has 2 aromatic rings. The van der Waals surface area contributed by atoms with Gasteiger partial charge in [-0.15, -0.1) is 11.8 Å². The molecule has 1 aliphatic rings. The van der Waals surface area contributed by atoms with Crippen molar-refractivity contribution in [2.45, 2.75) is 4.90 Å². The van der Waals surface area contributed by atoms with Gasteiger partial charge < -0.3 is 4.90 Å². The van der Waals surface area contributed by atoms with Crippen LogP contribution >= 0.6 is 23.4 Å². The van der Waals surface area contributed by atoms with Crippen molar-refractivity contribution in [1.82, 2.24) is 0 Å². The van der Waals surface area contributed by atoms with Crippen LogP contribution in [0.15, 0.2) is 47.4 Å². The Kier molecular flexibility index (Phi) is 3.87. The number of fused-ring (bicyclic) bond motifs is 1. The molecule has 0 aliphatic carbocycles. The Balaban J connectivity index is 2.00. The SMILES string of the molecule is N#Cc1cccc(C(=O)N2CCSc3ccc(Cl)cc32)c1. The average Bonchev–Trinajstić information content (AvgIpc) is 2.53. The number of carbonyl (C=O) groups is 1. The predicted molar refractivity (Wildman–Crippen MR) is 85.0 cm³/mol. The number of rotatable bonds is 1. The van der Waals surface area contributed by atoms with Crippen LogP contribution in [0.25, 0.3) is 0 Å². The largest absolute Gasteiger partial charge is 0.306 e. The molecule has 0 spiro atoms. The highest BCUT2D eigenvalue weighted by molar-refractivity contribution is 7.99. The van der Waals surface area contributed by atoms with E-state index in [9.17, 15) is 4.79 Å². The lowest BCUT2D eigenvalue weighted by atomic mass is 10.1. The van der Waals surface area contributed by atoms with Gasteiger partial charge in [-0.2, -0.15) is 5.26 Å². The first-order valence-electron chi connectivity index (χ1n) is 6.43. The number of carbonyl (C=O) groups excluding carboxylic acids is 1. The van der Waals surface area contributed by atoms with Crippen molar-refractivity contribution in [2.24, 2.45) is 0 Å². The van der Waals surface area contributed by atoms with Gasteiger partial charge in [-0.1, -0.05) is 17.7 Å². The Labute approximate surface area is 132 Å². The second kappa shape index (κ2) is 5.80. The van der Waals surface area contributed by atoms with Crippen LogP contribution in [0.3, 0.4) is 0 Å². The highest BCUT2D eigenvalue weighted by Crippen LogP contribution is 2.37. The molecule has 1 aliphatic heterocycles. The summed E-state index contributed by atoms with van der Waals surface area (Å²) >= 11 is 7.77. The van der Waals surface area contributed by atoms with Crippen molar-refractivity contribution in [3.05, 3.63) is 58.6 Å². The van der Waals surface area contributed by atoms with Crippen LogP contribution in [-0.2, 0) is 0 Å². The van der Waals surface area contributed by atoms with E-state index >= 15 is 0 Å². The predicted octanol–water partition coefficient (Wildman–Crippen LogP) is 3.96. The van der Waals surface area contributed by atoms with E-state index in [1.807, 2.05) is 18.2 Å². The minimum Gasteiger partial charge on any atom is -0.306 e. The minimum absolute atomic E-state index is 0.101. The van der Waals surface area contributed by atoms with Gasteiger partial charge in [0.15, 0.2) is 0 Å². The van der Waals surface area contributed by atoms with E-state index in [0.717, 1.165) is 16.3 Å². The van der Waals surface area contributed by atoms with Crippen molar-refractivity contribution in [3.63, 3.8) is 0 Å².